The molecule has 3 fully saturated rings. The van der Waals surface area contributed by atoms with Crippen molar-refractivity contribution in [3.63, 3.8) is 0 Å². The fourth-order valence-electron chi connectivity index (χ4n) is 4.34. The number of aryl methyl sites for hydroxylation is 1. The Morgan fingerprint density at radius 1 is 1.29 bits per heavy atom. The van der Waals surface area contributed by atoms with Crippen molar-refractivity contribution in [3.05, 3.63) is 29.6 Å². The average molecular weight is 350 g/mol. The molecule has 0 amide bonds. The molecule has 1 aromatic heterocycles. The molecular formula is C18H26N2O3S. The molecule has 2 aliphatic heterocycles. The first-order chi connectivity index (χ1) is 11.5. The van der Waals surface area contributed by atoms with E-state index in [-0.39, 0.29) is 5.92 Å². The summed E-state index contributed by atoms with van der Waals surface area (Å²) in [5.74, 6) is 0.450. The van der Waals surface area contributed by atoms with Gasteiger partial charge in [-0.1, -0.05) is 12.5 Å². The quantitative estimate of drug-likeness (QED) is 0.812. The number of hydrogen-bond donors (Lipinski definition) is 0. The summed E-state index contributed by atoms with van der Waals surface area (Å²) in [5.41, 5.74) is 1.89. The summed E-state index contributed by atoms with van der Waals surface area (Å²) in [5, 5.41) is 0. The van der Waals surface area contributed by atoms with Crippen LogP contribution in [0.15, 0.2) is 18.2 Å². The van der Waals surface area contributed by atoms with Gasteiger partial charge in [-0.05, 0) is 38.3 Å². The second-order valence-corrected chi connectivity index (χ2v) is 10.1. The minimum absolute atomic E-state index is 0.128. The molecule has 1 aromatic rings. The van der Waals surface area contributed by atoms with Gasteiger partial charge in [-0.25, -0.2) is 8.42 Å². The van der Waals surface area contributed by atoms with Crippen molar-refractivity contribution in [1.82, 2.24) is 9.88 Å². The molecule has 2 saturated heterocycles. The van der Waals surface area contributed by atoms with Crippen LogP contribution in [-0.4, -0.2) is 54.5 Å². The van der Waals surface area contributed by atoms with E-state index in [1.165, 1.54) is 19.3 Å². The van der Waals surface area contributed by atoms with Crippen LogP contribution in [-0.2, 0) is 21.2 Å². The summed E-state index contributed by atoms with van der Waals surface area (Å²) in [6.45, 7) is 4.38. The molecule has 3 aliphatic rings. The molecule has 132 valence electrons. The van der Waals surface area contributed by atoms with Crippen molar-refractivity contribution in [2.75, 3.05) is 25.4 Å². The predicted octanol–water partition coefficient (Wildman–Crippen LogP) is 1.95. The summed E-state index contributed by atoms with van der Waals surface area (Å²) in [6, 6.07) is 6.52. The van der Waals surface area contributed by atoms with Crippen LogP contribution in [0, 0.1) is 12.8 Å². The van der Waals surface area contributed by atoms with Gasteiger partial charge in [0.25, 0.3) is 0 Å². The molecule has 0 aromatic carbocycles. The van der Waals surface area contributed by atoms with Gasteiger partial charge >= 0.3 is 0 Å². The summed E-state index contributed by atoms with van der Waals surface area (Å²) in [7, 11) is -2.99. The average Bonchev–Trinajstić information content (AvgIpc) is 2.69. The molecule has 1 spiro atoms. The fourth-order valence-corrected chi connectivity index (χ4v) is 6.76. The molecule has 24 heavy (non-hydrogen) atoms. The molecule has 1 saturated carbocycles. The normalized spacial score (nSPS) is 28.6. The SMILES string of the molecule is Cc1cccc(COCC2CCS(=O)(=O)C23CN(C2CCC2)C3)n1. The van der Waals surface area contributed by atoms with Crippen LogP contribution in [0.4, 0.5) is 0 Å². The van der Waals surface area contributed by atoms with E-state index >= 15 is 0 Å². The lowest BCUT2D eigenvalue weighted by molar-refractivity contribution is -0.0154. The Labute approximate surface area is 144 Å². The minimum atomic E-state index is -2.99. The Bertz CT molecular complexity index is 709. The van der Waals surface area contributed by atoms with Crippen molar-refractivity contribution < 1.29 is 13.2 Å². The van der Waals surface area contributed by atoms with E-state index in [1.54, 1.807) is 0 Å². The highest BCUT2D eigenvalue weighted by atomic mass is 32.2. The van der Waals surface area contributed by atoms with E-state index in [9.17, 15) is 8.42 Å². The van der Waals surface area contributed by atoms with E-state index in [0.717, 1.165) is 30.9 Å². The number of sulfone groups is 1. The van der Waals surface area contributed by atoms with Gasteiger partial charge in [0.1, 0.15) is 4.75 Å². The van der Waals surface area contributed by atoms with Crippen LogP contribution in [0.2, 0.25) is 0 Å². The largest absolute Gasteiger partial charge is 0.375 e. The maximum atomic E-state index is 12.6. The van der Waals surface area contributed by atoms with Crippen LogP contribution in [0.1, 0.15) is 37.1 Å². The van der Waals surface area contributed by atoms with E-state index in [4.69, 9.17) is 4.74 Å². The van der Waals surface area contributed by atoms with Gasteiger partial charge in [0, 0.05) is 30.7 Å². The third kappa shape index (κ3) is 2.68. The molecule has 0 bridgehead atoms. The standard InChI is InChI=1S/C18H26N2O3S/c1-14-4-2-5-16(19-14)11-23-10-15-8-9-24(21,22)18(15)12-20(13-18)17-6-3-7-17/h2,4-5,15,17H,3,6-13H2,1H3. The maximum absolute atomic E-state index is 12.6. The molecule has 6 heteroatoms. The van der Waals surface area contributed by atoms with E-state index in [1.807, 2.05) is 25.1 Å². The Balaban J connectivity index is 1.37. The van der Waals surface area contributed by atoms with E-state index in [2.05, 4.69) is 9.88 Å². The number of ether oxygens (including phenoxy) is 1. The van der Waals surface area contributed by atoms with Crippen LogP contribution in [0.25, 0.3) is 0 Å². The fraction of sp³-hybridized carbons (Fsp3) is 0.722. The zero-order chi connectivity index (χ0) is 16.8. The molecule has 3 heterocycles. The van der Waals surface area contributed by atoms with Gasteiger partial charge in [0.2, 0.25) is 0 Å². The number of pyridine rings is 1. The monoisotopic (exact) mass is 350 g/mol. The lowest BCUT2D eigenvalue weighted by Crippen LogP contribution is -2.70. The zero-order valence-electron chi connectivity index (χ0n) is 14.3. The Morgan fingerprint density at radius 2 is 2.08 bits per heavy atom. The number of nitrogens with zero attached hydrogens (tertiary/aromatic N) is 2. The lowest BCUT2D eigenvalue weighted by Gasteiger charge is -2.55. The summed E-state index contributed by atoms with van der Waals surface area (Å²) in [6.07, 6.45) is 4.49. The third-order valence-electron chi connectivity index (χ3n) is 6.15. The molecule has 1 atom stereocenters. The number of aromatic nitrogens is 1. The maximum Gasteiger partial charge on any atom is 0.158 e. The topological polar surface area (TPSA) is 59.5 Å². The molecule has 5 nitrogen and oxygen atoms in total. The van der Waals surface area contributed by atoms with Crippen molar-refractivity contribution in [3.8, 4) is 0 Å². The van der Waals surface area contributed by atoms with Crippen LogP contribution < -0.4 is 0 Å². The lowest BCUT2D eigenvalue weighted by atomic mass is 9.79. The van der Waals surface area contributed by atoms with Crippen molar-refractivity contribution in [2.45, 2.75) is 50.0 Å². The van der Waals surface area contributed by atoms with Crippen LogP contribution in [0.3, 0.4) is 0 Å². The molecule has 4 rings (SSSR count). The molecule has 1 aliphatic carbocycles. The first-order valence-corrected chi connectivity index (χ1v) is 10.6. The van der Waals surface area contributed by atoms with Gasteiger partial charge in [0.15, 0.2) is 9.84 Å². The van der Waals surface area contributed by atoms with Crippen LogP contribution >= 0.6 is 0 Å². The predicted molar refractivity (Wildman–Crippen MR) is 92.5 cm³/mol. The second-order valence-electron chi connectivity index (χ2n) is 7.64. The highest BCUT2D eigenvalue weighted by Crippen LogP contribution is 2.47. The second kappa shape index (κ2) is 6.07. The molecule has 1 unspecified atom stereocenters. The zero-order valence-corrected chi connectivity index (χ0v) is 15.1. The van der Waals surface area contributed by atoms with E-state index < -0.39 is 14.6 Å². The van der Waals surface area contributed by atoms with Gasteiger partial charge < -0.3 is 4.74 Å². The summed E-state index contributed by atoms with van der Waals surface area (Å²) in [4.78, 5) is 6.82. The van der Waals surface area contributed by atoms with Gasteiger partial charge in [-0.15, -0.1) is 0 Å². The highest BCUT2D eigenvalue weighted by Gasteiger charge is 2.62. The minimum Gasteiger partial charge on any atom is -0.375 e. The molecular weight excluding hydrogens is 324 g/mol. The summed E-state index contributed by atoms with van der Waals surface area (Å²) < 4.78 is 30.6. The number of likely N-dealkylation sites (tertiary alicyclic amines) is 1. The van der Waals surface area contributed by atoms with Gasteiger partial charge in [-0.2, -0.15) is 0 Å². The first kappa shape index (κ1) is 16.5. The number of hydrogen-bond acceptors (Lipinski definition) is 5. The van der Waals surface area contributed by atoms with Crippen molar-refractivity contribution in [2.24, 2.45) is 5.92 Å². The summed E-state index contributed by atoms with van der Waals surface area (Å²) >= 11 is 0. The Morgan fingerprint density at radius 3 is 2.75 bits per heavy atom. The van der Waals surface area contributed by atoms with Gasteiger partial charge in [-0.3, -0.25) is 9.88 Å². The smallest absolute Gasteiger partial charge is 0.158 e. The highest BCUT2D eigenvalue weighted by molar-refractivity contribution is 7.93. The first-order valence-electron chi connectivity index (χ1n) is 8.97. The van der Waals surface area contributed by atoms with Crippen molar-refractivity contribution in [1.29, 1.82) is 0 Å². The Hall–Kier alpha value is -0.980. The van der Waals surface area contributed by atoms with Crippen molar-refractivity contribution >= 4 is 9.84 Å². The number of rotatable bonds is 5. The Kier molecular flexibility index (Phi) is 4.17. The van der Waals surface area contributed by atoms with E-state index in [0.29, 0.717) is 25.0 Å². The molecule has 0 N–H and O–H groups in total. The molecule has 0 radical (unpaired) electrons. The third-order valence-corrected chi connectivity index (χ3v) is 8.75. The van der Waals surface area contributed by atoms with Crippen LogP contribution in [0.5, 0.6) is 0 Å². The van der Waals surface area contributed by atoms with Gasteiger partial charge in [0.05, 0.1) is 24.7 Å².